The topological polar surface area (TPSA) is 86.9 Å². The summed E-state index contributed by atoms with van der Waals surface area (Å²) >= 11 is 1.63. The van der Waals surface area contributed by atoms with Crippen molar-refractivity contribution >= 4 is 21.8 Å². The summed E-state index contributed by atoms with van der Waals surface area (Å²) in [5, 5.41) is 10.3. The molecule has 0 aliphatic rings. The van der Waals surface area contributed by atoms with Crippen molar-refractivity contribution in [2.75, 3.05) is 19.3 Å². The maximum atomic E-state index is 12.4. The van der Waals surface area contributed by atoms with Crippen molar-refractivity contribution in [3.05, 3.63) is 11.4 Å². The Morgan fingerprint density at radius 2 is 2.15 bits per heavy atom. The zero-order valence-corrected chi connectivity index (χ0v) is 14.1. The van der Waals surface area contributed by atoms with Gasteiger partial charge in [0.05, 0.1) is 11.4 Å². The number of nitrogens with one attached hydrogen (secondary N) is 3. The van der Waals surface area contributed by atoms with Gasteiger partial charge in [0.15, 0.2) is 0 Å². The summed E-state index contributed by atoms with van der Waals surface area (Å²) in [7, 11) is -3.52. The van der Waals surface area contributed by atoms with Gasteiger partial charge in [-0.2, -0.15) is 16.9 Å². The van der Waals surface area contributed by atoms with Gasteiger partial charge in [0.2, 0.25) is 10.0 Å². The van der Waals surface area contributed by atoms with Crippen LogP contribution in [0.5, 0.6) is 0 Å². The summed E-state index contributed by atoms with van der Waals surface area (Å²) in [6.45, 7) is 7.47. The predicted octanol–water partition coefficient (Wildman–Crippen LogP) is 1.25. The fourth-order valence-corrected chi connectivity index (χ4v) is 3.56. The molecule has 1 aromatic rings. The highest BCUT2D eigenvalue weighted by atomic mass is 32.2. The second-order valence-electron chi connectivity index (χ2n) is 4.70. The first-order chi connectivity index (χ1) is 9.42. The van der Waals surface area contributed by atoms with Gasteiger partial charge in [-0.1, -0.05) is 13.8 Å². The quantitative estimate of drug-likeness (QED) is 0.596. The maximum absolute atomic E-state index is 12.4. The van der Waals surface area contributed by atoms with Crippen LogP contribution in [0.25, 0.3) is 0 Å². The molecule has 8 heteroatoms. The van der Waals surface area contributed by atoms with Crippen LogP contribution in [-0.2, 0) is 16.6 Å². The third-order valence-electron chi connectivity index (χ3n) is 2.91. The van der Waals surface area contributed by atoms with Crippen molar-refractivity contribution < 1.29 is 8.42 Å². The highest BCUT2D eigenvalue weighted by molar-refractivity contribution is 7.99. The lowest BCUT2D eigenvalue weighted by Gasteiger charge is -2.11. The van der Waals surface area contributed by atoms with Crippen LogP contribution >= 0.6 is 11.8 Å². The third-order valence-corrected chi connectivity index (χ3v) is 5.51. The van der Waals surface area contributed by atoms with E-state index in [-0.39, 0.29) is 10.1 Å². The molecule has 0 amide bonds. The Bertz CT molecular complexity index is 514. The summed E-state index contributed by atoms with van der Waals surface area (Å²) < 4.78 is 27.4. The fraction of sp³-hybridized carbons (Fsp3) is 0.750. The van der Waals surface area contributed by atoms with E-state index in [2.05, 4.69) is 27.2 Å². The number of aromatic nitrogens is 2. The molecule has 0 aliphatic heterocycles. The number of nitrogens with zero attached hydrogens (tertiary/aromatic N) is 1. The number of sulfonamides is 1. The Balaban J connectivity index is 2.85. The number of thioether (sulfide) groups is 1. The molecule has 3 N–H and O–H groups in total. The molecule has 1 heterocycles. The first kappa shape index (κ1) is 17.5. The predicted molar refractivity (Wildman–Crippen MR) is 83.5 cm³/mol. The van der Waals surface area contributed by atoms with E-state index in [4.69, 9.17) is 0 Å². The second kappa shape index (κ2) is 8.02. The Morgan fingerprint density at radius 1 is 1.45 bits per heavy atom. The SMILES string of the molecule is CCCNCc1n[nH]c(C)c1S(=O)(=O)NCC(C)SC. The molecule has 1 atom stereocenters. The second-order valence-corrected chi connectivity index (χ2v) is 7.68. The van der Waals surface area contributed by atoms with Crippen molar-refractivity contribution in [3.63, 3.8) is 0 Å². The molecule has 1 rings (SSSR count). The molecule has 0 aromatic carbocycles. The number of H-pyrrole nitrogens is 1. The monoisotopic (exact) mass is 320 g/mol. The van der Waals surface area contributed by atoms with Gasteiger partial charge < -0.3 is 5.32 Å². The van der Waals surface area contributed by atoms with E-state index in [1.54, 1.807) is 18.7 Å². The minimum absolute atomic E-state index is 0.235. The summed E-state index contributed by atoms with van der Waals surface area (Å²) in [5.74, 6) is 0. The Labute approximate surface area is 125 Å². The van der Waals surface area contributed by atoms with Crippen LogP contribution in [-0.4, -0.2) is 43.2 Å². The smallest absolute Gasteiger partial charge is 0.244 e. The molecule has 1 unspecified atom stereocenters. The van der Waals surface area contributed by atoms with Gasteiger partial charge in [-0.25, -0.2) is 13.1 Å². The first-order valence-corrected chi connectivity index (χ1v) is 9.46. The zero-order chi connectivity index (χ0) is 15.2. The molecule has 0 saturated carbocycles. The van der Waals surface area contributed by atoms with E-state index in [0.717, 1.165) is 13.0 Å². The van der Waals surface area contributed by atoms with Crippen molar-refractivity contribution in [1.29, 1.82) is 0 Å². The van der Waals surface area contributed by atoms with Crippen molar-refractivity contribution in [1.82, 2.24) is 20.2 Å². The molecule has 0 spiro atoms. The van der Waals surface area contributed by atoms with Crippen molar-refractivity contribution in [2.24, 2.45) is 0 Å². The van der Waals surface area contributed by atoms with Crippen LogP contribution in [0.15, 0.2) is 4.90 Å². The van der Waals surface area contributed by atoms with Gasteiger partial charge in [0.1, 0.15) is 4.90 Å². The van der Waals surface area contributed by atoms with E-state index in [1.165, 1.54) is 0 Å². The number of aryl methyl sites for hydroxylation is 1. The molecular weight excluding hydrogens is 296 g/mol. The average Bonchev–Trinajstić information content (AvgIpc) is 2.78. The summed E-state index contributed by atoms with van der Waals surface area (Å²) in [5.41, 5.74) is 1.11. The molecule has 20 heavy (non-hydrogen) atoms. The normalized spacial score (nSPS) is 13.6. The molecule has 6 nitrogen and oxygen atoms in total. The number of rotatable bonds is 9. The summed E-state index contributed by atoms with van der Waals surface area (Å²) in [4.78, 5) is 0.273. The van der Waals surface area contributed by atoms with Crippen LogP contribution < -0.4 is 10.0 Å². The largest absolute Gasteiger partial charge is 0.311 e. The van der Waals surface area contributed by atoms with Crippen LogP contribution in [0.1, 0.15) is 31.7 Å². The summed E-state index contributed by atoms with van der Waals surface area (Å²) in [6.07, 6.45) is 2.96. The van der Waals surface area contributed by atoms with Crippen LogP contribution in [0, 0.1) is 6.92 Å². The van der Waals surface area contributed by atoms with Gasteiger partial charge in [0.25, 0.3) is 0 Å². The molecule has 116 valence electrons. The van der Waals surface area contributed by atoms with E-state index in [0.29, 0.717) is 24.5 Å². The Morgan fingerprint density at radius 3 is 2.75 bits per heavy atom. The van der Waals surface area contributed by atoms with Gasteiger partial charge >= 0.3 is 0 Å². The summed E-state index contributed by atoms with van der Waals surface area (Å²) in [6, 6.07) is 0. The molecule has 1 aromatic heterocycles. The zero-order valence-electron chi connectivity index (χ0n) is 12.5. The van der Waals surface area contributed by atoms with Crippen LogP contribution in [0.4, 0.5) is 0 Å². The molecule has 0 saturated heterocycles. The fourth-order valence-electron chi connectivity index (χ4n) is 1.71. The van der Waals surface area contributed by atoms with Crippen molar-refractivity contribution in [3.8, 4) is 0 Å². The highest BCUT2D eigenvalue weighted by Gasteiger charge is 2.24. The highest BCUT2D eigenvalue weighted by Crippen LogP contribution is 2.17. The third kappa shape index (κ3) is 4.76. The molecule has 0 radical (unpaired) electrons. The lowest BCUT2D eigenvalue weighted by molar-refractivity contribution is 0.577. The van der Waals surface area contributed by atoms with Gasteiger partial charge in [0, 0.05) is 18.3 Å². The van der Waals surface area contributed by atoms with Gasteiger partial charge in [-0.15, -0.1) is 0 Å². The molecule has 0 aliphatic carbocycles. The van der Waals surface area contributed by atoms with Gasteiger partial charge in [-0.3, -0.25) is 5.10 Å². The van der Waals surface area contributed by atoms with E-state index in [9.17, 15) is 8.42 Å². The number of aromatic amines is 1. The average molecular weight is 320 g/mol. The van der Waals surface area contributed by atoms with E-state index >= 15 is 0 Å². The first-order valence-electron chi connectivity index (χ1n) is 6.69. The van der Waals surface area contributed by atoms with Crippen molar-refractivity contribution in [2.45, 2.75) is 43.9 Å². The molecule has 0 fully saturated rings. The minimum atomic E-state index is -3.52. The Kier molecular flexibility index (Phi) is 7.01. The van der Waals surface area contributed by atoms with Gasteiger partial charge in [-0.05, 0) is 26.1 Å². The van der Waals surface area contributed by atoms with E-state index in [1.807, 2.05) is 13.2 Å². The molecular formula is C12H24N4O2S2. The molecule has 0 bridgehead atoms. The number of hydrogen-bond acceptors (Lipinski definition) is 5. The maximum Gasteiger partial charge on any atom is 0.244 e. The standard InChI is InChI=1S/C12H24N4O2S2/c1-5-6-13-8-11-12(10(3)15-16-11)20(17,18)14-7-9(2)19-4/h9,13-14H,5-8H2,1-4H3,(H,15,16). The van der Waals surface area contributed by atoms with Crippen LogP contribution in [0.2, 0.25) is 0 Å². The minimum Gasteiger partial charge on any atom is -0.311 e. The van der Waals surface area contributed by atoms with E-state index < -0.39 is 10.0 Å². The lowest BCUT2D eigenvalue weighted by Crippen LogP contribution is -2.30. The lowest BCUT2D eigenvalue weighted by atomic mass is 10.3. The number of hydrogen-bond donors (Lipinski definition) is 3. The van der Waals surface area contributed by atoms with Crippen LogP contribution in [0.3, 0.4) is 0 Å². The Hall–Kier alpha value is -0.570.